The topological polar surface area (TPSA) is 123 Å². The number of nitrogens with zero attached hydrogens (tertiary/aromatic N) is 1. The van der Waals surface area contributed by atoms with Gasteiger partial charge in [0.25, 0.3) is 5.91 Å². The number of ketones is 1. The van der Waals surface area contributed by atoms with E-state index in [4.69, 9.17) is 49.0 Å². The Kier molecular flexibility index (Phi) is 14.3. The Morgan fingerprint density at radius 3 is 2.41 bits per heavy atom. The highest BCUT2D eigenvalue weighted by Gasteiger charge is 2.36. The van der Waals surface area contributed by atoms with Crippen LogP contribution in [0.3, 0.4) is 0 Å². The number of hydrogen-bond donors (Lipinski definition) is 2. The smallest absolute Gasteiger partial charge is 0.325 e. The average Bonchev–Trinajstić information content (AvgIpc) is 3.35. The summed E-state index contributed by atoms with van der Waals surface area (Å²) < 4.78 is 14.7. The SMILES string of the molecule is C/C=C/C[C@@H](CCC1(C)OCCO1)C(=O)C[C@H](C(=O)N[C@@H](C)C(=O)N1CCC[C@@H](C(=O)OCC(Cl)(Cl)Cl)N1)C(C)C. The Morgan fingerprint density at radius 2 is 1.83 bits per heavy atom. The van der Waals surface area contributed by atoms with Crippen molar-refractivity contribution in [3.05, 3.63) is 12.2 Å². The molecule has 0 spiro atoms. The summed E-state index contributed by atoms with van der Waals surface area (Å²) in [6.45, 7) is 10.1. The molecule has 0 saturated carbocycles. The molecule has 2 aliphatic rings. The Hall–Kier alpha value is -1.43. The lowest BCUT2D eigenvalue weighted by Gasteiger charge is -2.34. The zero-order valence-electron chi connectivity index (χ0n) is 24.6. The number of hydrazine groups is 1. The molecule has 234 valence electrons. The summed E-state index contributed by atoms with van der Waals surface area (Å²) in [6.07, 6.45) is 6.62. The first-order valence-corrected chi connectivity index (χ1v) is 15.3. The van der Waals surface area contributed by atoms with E-state index in [1.165, 1.54) is 5.01 Å². The van der Waals surface area contributed by atoms with Crippen LogP contribution in [0, 0.1) is 17.8 Å². The molecule has 0 unspecified atom stereocenters. The predicted octanol–water partition coefficient (Wildman–Crippen LogP) is 4.26. The molecule has 2 fully saturated rings. The number of hydrogen-bond acceptors (Lipinski definition) is 8. The second-order valence-electron chi connectivity index (χ2n) is 11.2. The zero-order chi connectivity index (χ0) is 30.8. The number of amides is 2. The van der Waals surface area contributed by atoms with Gasteiger partial charge in [-0.25, -0.2) is 5.43 Å². The van der Waals surface area contributed by atoms with Gasteiger partial charge in [0.1, 0.15) is 24.5 Å². The van der Waals surface area contributed by atoms with E-state index in [0.29, 0.717) is 51.9 Å². The highest BCUT2D eigenvalue weighted by Crippen LogP contribution is 2.30. The van der Waals surface area contributed by atoms with E-state index in [0.717, 1.165) is 0 Å². The van der Waals surface area contributed by atoms with Crippen LogP contribution in [0.4, 0.5) is 0 Å². The molecular weight excluding hydrogens is 597 g/mol. The van der Waals surface area contributed by atoms with Gasteiger partial charge in [0.15, 0.2) is 5.79 Å². The quantitative estimate of drug-likeness (QED) is 0.164. The van der Waals surface area contributed by atoms with Crippen LogP contribution in [0.1, 0.15) is 73.1 Å². The number of allylic oxidation sites excluding steroid dienone is 2. The van der Waals surface area contributed by atoms with Gasteiger partial charge in [0.2, 0.25) is 9.70 Å². The molecule has 0 aromatic carbocycles. The van der Waals surface area contributed by atoms with Gasteiger partial charge in [-0.15, -0.1) is 0 Å². The maximum Gasteiger partial charge on any atom is 0.325 e. The van der Waals surface area contributed by atoms with Gasteiger partial charge in [0.05, 0.1) is 13.2 Å². The fourth-order valence-electron chi connectivity index (χ4n) is 4.85. The monoisotopic (exact) mass is 639 g/mol. The number of nitrogens with one attached hydrogen (secondary N) is 2. The molecule has 41 heavy (non-hydrogen) atoms. The van der Waals surface area contributed by atoms with Crippen LogP contribution < -0.4 is 10.7 Å². The second kappa shape index (κ2) is 16.4. The molecule has 2 N–H and O–H groups in total. The number of Topliss-reactive ketones (excluding diaryl/α,β-unsaturated/α-hetero) is 1. The summed E-state index contributed by atoms with van der Waals surface area (Å²) in [5.41, 5.74) is 2.85. The largest absolute Gasteiger partial charge is 0.460 e. The van der Waals surface area contributed by atoms with Gasteiger partial charge < -0.3 is 19.5 Å². The summed E-state index contributed by atoms with van der Waals surface area (Å²) in [7, 11) is 0. The number of carbonyl (C=O) groups is 4. The van der Waals surface area contributed by atoms with Gasteiger partial charge in [-0.05, 0) is 52.4 Å². The number of alkyl halides is 3. The van der Waals surface area contributed by atoms with Crippen molar-refractivity contribution in [2.24, 2.45) is 17.8 Å². The van der Waals surface area contributed by atoms with Crippen molar-refractivity contribution in [3.63, 3.8) is 0 Å². The van der Waals surface area contributed by atoms with Crippen LogP contribution in [0.25, 0.3) is 0 Å². The maximum absolute atomic E-state index is 13.4. The van der Waals surface area contributed by atoms with E-state index in [1.807, 2.05) is 39.8 Å². The Morgan fingerprint density at radius 1 is 1.17 bits per heavy atom. The standard InChI is InChI=1S/C28H44Cl3N3O7/c1-6-7-9-20(11-12-27(5)40-14-15-41-27)23(35)16-21(18(2)3)24(36)32-19(4)25(37)34-13-8-10-22(33-34)26(38)39-17-28(29,30)31/h6-7,18-22,33H,8-17H2,1-5H3,(H,32,36)/b7-6+/t19-,20-,21-,22-/m0/s1. The van der Waals surface area contributed by atoms with Crippen molar-refractivity contribution in [2.75, 3.05) is 26.4 Å². The Balaban J connectivity index is 1.97. The van der Waals surface area contributed by atoms with Crippen LogP contribution in [0.2, 0.25) is 0 Å². The minimum absolute atomic E-state index is 0.00793. The van der Waals surface area contributed by atoms with E-state index in [-0.39, 0.29) is 29.9 Å². The highest BCUT2D eigenvalue weighted by molar-refractivity contribution is 6.67. The van der Waals surface area contributed by atoms with Crippen molar-refractivity contribution in [1.29, 1.82) is 0 Å². The number of esters is 1. The van der Waals surface area contributed by atoms with Gasteiger partial charge >= 0.3 is 5.97 Å². The van der Waals surface area contributed by atoms with Crippen LogP contribution in [0.15, 0.2) is 12.2 Å². The zero-order valence-corrected chi connectivity index (χ0v) is 26.8. The molecule has 2 heterocycles. The molecule has 2 aliphatic heterocycles. The Bertz CT molecular complexity index is 935. The summed E-state index contributed by atoms with van der Waals surface area (Å²) in [6, 6.07) is -1.68. The molecule has 10 nitrogen and oxygen atoms in total. The van der Waals surface area contributed by atoms with Gasteiger partial charge in [-0.3, -0.25) is 24.2 Å². The van der Waals surface area contributed by atoms with Crippen molar-refractivity contribution in [3.8, 4) is 0 Å². The minimum atomic E-state index is -1.74. The molecule has 13 heteroatoms. The summed E-state index contributed by atoms with van der Waals surface area (Å²) in [5, 5.41) is 4.07. The van der Waals surface area contributed by atoms with Crippen molar-refractivity contribution >= 4 is 58.4 Å². The second-order valence-corrected chi connectivity index (χ2v) is 13.7. The fourth-order valence-corrected chi connectivity index (χ4v) is 5.01. The first kappa shape index (κ1) is 35.8. The van der Waals surface area contributed by atoms with Gasteiger partial charge in [-0.1, -0.05) is 60.8 Å². The summed E-state index contributed by atoms with van der Waals surface area (Å²) in [5.74, 6) is -3.15. The molecule has 0 aromatic rings. The number of ether oxygens (including phenoxy) is 3. The third kappa shape index (κ3) is 12.0. The molecule has 0 aromatic heterocycles. The average molecular weight is 641 g/mol. The van der Waals surface area contributed by atoms with Gasteiger partial charge in [0, 0.05) is 31.2 Å². The van der Waals surface area contributed by atoms with Crippen LogP contribution in [0.5, 0.6) is 0 Å². The third-order valence-corrected chi connectivity index (χ3v) is 7.69. The molecule has 2 amide bonds. The summed E-state index contributed by atoms with van der Waals surface area (Å²) in [4.78, 5) is 52.2. The minimum Gasteiger partial charge on any atom is -0.460 e. The Labute approximate surface area is 258 Å². The molecule has 0 bridgehead atoms. The molecule has 0 aliphatic carbocycles. The number of carbonyl (C=O) groups excluding carboxylic acids is 4. The lowest BCUT2D eigenvalue weighted by molar-refractivity contribution is -0.153. The first-order valence-electron chi connectivity index (χ1n) is 14.2. The first-order chi connectivity index (χ1) is 19.2. The third-order valence-electron chi connectivity index (χ3n) is 7.36. The van der Waals surface area contributed by atoms with E-state index < -0.39 is 46.1 Å². The van der Waals surface area contributed by atoms with E-state index in [1.54, 1.807) is 6.92 Å². The van der Waals surface area contributed by atoms with Crippen molar-refractivity contribution < 1.29 is 33.4 Å². The molecule has 0 radical (unpaired) electrons. The van der Waals surface area contributed by atoms with Crippen molar-refractivity contribution in [2.45, 2.75) is 94.8 Å². The predicted molar refractivity (Wildman–Crippen MR) is 157 cm³/mol. The van der Waals surface area contributed by atoms with E-state index in [9.17, 15) is 19.2 Å². The normalized spacial score (nSPS) is 21.5. The van der Waals surface area contributed by atoms with E-state index >= 15 is 0 Å². The van der Waals surface area contributed by atoms with Crippen molar-refractivity contribution in [1.82, 2.24) is 15.8 Å². The fraction of sp³-hybridized carbons (Fsp3) is 0.786. The van der Waals surface area contributed by atoms with Crippen LogP contribution >= 0.6 is 34.8 Å². The highest BCUT2D eigenvalue weighted by atomic mass is 35.6. The van der Waals surface area contributed by atoms with Gasteiger partial charge in [-0.2, -0.15) is 0 Å². The van der Waals surface area contributed by atoms with Crippen LogP contribution in [-0.4, -0.2) is 76.6 Å². The molecule has 2 saturated heterocycles. The summed E-state index contributed by atoms with van der Waals surface area (Å²) >= 11 is 16.9. The lowest BCUT2D eigenvalue weighted by Crippen LogP contribution is -2.60. The lowest BCUT2D eigenvalue weighted by atomic mass is 9.83. The molecular formula is C28H44Cl3N3O7. The maximum atomic E-state index is 13.4. The number of rotatable bonds is 14. The molecule has 2 rings (SSSR count). The molecule has 4 atom stereocenters. The number of halogens is 3. The van der Waals surface area contributed by atoms with E-state index in [2.05, 4.69) is 10.7 Å². The van der Waals surface area contributed by atoms with Crippen LogP contribution in [-0.2, 0) is 33.4 Å².